The molecule has 0 saturated carbocycles. The van der Waals surface area contributed by atoms with E-state index in [1.165, 1.54) is 22.4 Å². The molecule has 0 saturated heterocycles. The van der Waals surface area contributed by atoms with Crippen LogP contribution < -0.4 is 10.4 Å². The van der Waals surface area contributed by atoms with Crippen molar-refractivity contribution in [3.05, 3.63) is 34.2 Å². The van der Waals surface area contributed by atoms with Crippen molar-refractivity contribution in [2.24, 2.45) is 5.92 Å². The number of hydrogen-bond donors (Lipinski definition) is 0. The fourth-order valence-electron chi connectivity index (χ4n) is 1.86. The Morgan fingerprint density at radius 3 is 2.92 bits per heavy atom. The minimum Gasteiger partial charge on any atom is -0.0761 e. The highest BCUT2D eigenvalue weighted by molar-refractivity contribution is 5.41. The summed E-state index contributed by atoms with van der Waals surface area (Å²) in [6.45, 7) is 4.48. The predicted molar refractivity (Wildman–Crippen MR) is 57.8 cm³/mol. The highest BCUT2D eigenvalue weighted by atomic mass is 14.1. The van der Waals surface area contributed by atoms with Crippen molar-refractivity contribution in [1.82, 2.24) is 0 Å². The maximum Gasteiger partial charge on any atom is -0.0218 e. The minimum absolute atomic E-state index is 0.708. The molecule has 0 aromatic heterocycles. The molecule has 1 atom stereocenters. The molecule has 0 fully saturated rings. The van der Waals surface area contributed by atoms with Crippen LogP contribution in [0.5, 0.6) is 0 Å². The van der Waals surface area contributed by atoms with E-state index in [0.717, 1.165) is 6.42 Å². The zero-order valence-electron chi connectivity index (χ0n) is 8.38. The summed E-state index contributed by atoms with van der Waals surface area (Å²) in [5, 5.41) is 2.84. The lowest BCUT2D eigenvalue weighted by Gasteiger charge is -2.08. The van der Waals surface area contributed by atoms with E-state index in [0.29, 0.717) is 5.92 Å². The molecular weight excluding hydrogens is 156 g/mol. The third-order valence-electron chi connectivity index (χ3n) is 2.73. The van der Waals surface area contributed by atoms with Crippen LogP contribution in [0, 0.1) is 5.92 Å². The van der Waals surface area contributed by atoms with Gasteiger partial charge in [-0.05, 0) is 34.8 Å². The molecule has 13 heavy (non-hydrogen) atoms. The van der Waals surface area contributed by atoms with Crippen molar-refractivity contribution in [3.63, 3.8) is 0 Å². The van der Waals surface area contributed by atoms with E-state index in [2.05, 4.69) is 44.2 Å². The molecule has 1 aromatic rings. The summed E-state index contributed by atoms with van der Waals surface area (Å²) in [4.78, 5) is 0. The lowest BCUT2D eigenvalue weighted by atomic mass is 9.98. The largest absolute Gasteiger partial charge is 0.0761 e. The van der Waals surface area contributed by atoms with E-state index in [1.807, 2.05) is 0 Å². The Hall–Kier alpha value is -1.04. The zero-order chi connectivity index (χ0) is 9.26. The summed E-state index contributed by atoms with van der Waals surface area (Å²) < 4.78 is 0. The number of rotatable bonds is 1. The van der Waals surface area contributed by atoms with Gasteiger partial charge in [-0.3, -0.25) is 0 Å². The first-order chi connectivity index (χ1) is 6.29. The van der Waals surface area contributed by atoms with Gasteiger partial charge in [0.15, 0.2) is 0 Å². The molecule has 0 bridgehead atoms. The second-order valence-corrected chi connectivity index (χ2v) is 3.90. The van der Waals surface area contributed by atoms with Gasteiger partial charge in [-0.2, -0.15) is 0 Å². The lowest BCUT2D eigenvalue weighted by molar-refractivity contribution is 0.800. The van der Waals surface area contributed by atoms with Gasteiger partial charge in [-0.15, -0.1) is 0 Å². The average Bonchev–Trinajstić information content (AvgIpc) is 2.17. The molecule has 0 nitrogen and oxygen atoms in total. The molecule has 0 amide bonds. The van der Waals surface area contributed by atoms with Crippen LogP contribution in [0.4, 0.5) is 0 Å². The third-order valence-corrected chi connectivity index (χ3v) is 2.73. The first kappa shape index (κ1) is 8.55. The topological polar surface area (TPSA) is 0 Å². The van der Waals surface area contributed by atoms with Gasteiger partial charge in [0.25, 0.3) is 0 Å². The maximum absolute atomic E-state index is 2.37. The Labute approximate surface area is 79.6 Å². The number of hydrogen-bond acceptors (Lipinski definition) is 0. The van der Waals surface area contributed by atoms with Gasteiger partial charge >= 0.3 is 0 Å². The molecule has 1 aliphatic carbocycles. The summed E-state index contributed by atoms with van der Waals surface area (Å²) >= 11 is 0. The van der Waals surface area contributed by atoms with E-state index < -0.39 is 0 Å². The molecule has 0 radical (unpaired) electrons. The van der Waals surface area contributed by atoms with Gasteiger partial charge in [-0.1, -0.05) is 44.2 Å². The van der Waals surface area contributed by atoms with Gasteiger partial charge in [0, 0.05) is 0 Å². The molecule has 0 heterocycles. The summed E-state index contributed by atoms with van der Waals surface area (Å²) in [7, 11) is 0. The summed E-state index contributed by atoms with van der Waals surface area (Å²) in [6.07, 6.45) is 7.06. The second kappa shape index (κ2) is 3.37. The summed E-state index contributed by atoms with van der Waals surface area (Å²) in [6, 6.07) is 6.80. The SMILES string of the molecule is CCc1ccc2c(c1)=CCC(C)C=2. The van der Waals surface area contributed by atoms with Crippen molar-refractivity contribution in [1.29, 1.82) is 0 Å². The predicted octanol–water partition coefficient (Wildman–Crippen LogP) is 1.85. The molecule has 1 aliphatic rings. The molecule has 1 unspecified atom stereocenters. The quantitative estimate of drug-likeness (QED) is 0.606. The number of fused-ring (bicyclic) bond motifs is 1. The Bertz CT molecular complexity index is 412. The lowest BCUT2D eigenvalue weighted by Crippen LogP contribution is -2.28. The van der Waals surface area contributed by atoms with Crippen LogP contribution in [0.25, 0.3) is 12.2 Å². The molecule has 1 aromatic carbocycles. The number of benzene rings is 1. The van der Waals surface area contributed by atoms with E-state index in [4.69, 9.17) is 0 Å². The highest BCUT2D eigenvalue weighted by Gasteiger charge is 2.00. The van der Waals surface area contributed by atoms with Crippen LogP contribution in [0.3, 0.4) is 0 Å². The van der Waals surface area contributed by atoms with Gasteiger partial charge in [0.2, 0.25) is 0 Å². The van der Waals surface area contributed by atoms with Gasteiger partial charge in [0.1, 0.15) is 0 Å². The molecule has 2 rings (SSSR count). The molecule has 0 aliphatic heterocycles. The van der Waals surface area contributed by atoms with Crippen LogP contribution >= 0.6 is 0 Å². The van der Waals surface area contributed by atoms with Crippen LogP contribution in [0.15, 0.2) is 18.2 Å². The summed E-state index contributed by atoms with van der Waals surface area (Å²) in [5.41, 5.74) is 1.44. The minimum atomic E-state index is 0.708. The van der Waals surface area contributed by atoms with Crippen molar-refractivity contribution < 1.29 is 0 Å². The Kier molecular flexibility index (Phi) is 2.22. The fraction of sp³-hybridized carbons (Fsp3) is 0.385. The maximum atomic E-state index is 2.37. The van der Waals surface area contributed by atoms with Crippen molar-refractivity contribution in [3.8, 4) is 0 Å². The molecule has 0 spiro atoms. The standard InChI is InChI=1S/C13H16/c1-3-11-5-7-12-8-10(2)4-6-13(12)9-11/h5-10H,3-4H2,1-2H3. The average molecular weight is 172 g/mol. The molecule has 0 heteroatoms. The van der Waals surface area contributed by atoms with Crippen molar-refractivity contribution in [2.45, 2.75) is 26.7 Å². The van der Waals surface area contributed by atoms with E-state index >= 15 is 0 Å². The smallest absolute Gasteiger partial charge is 0.0218 e. The normalized spacial score (nSPS) is 20.0. The highest BCUT2D eigenvalue weighted by Crippen LogP contribution is 2.06. The second-order valence-electron chi connectivity index (χ2n) is 3.90. The van der Waals surface area contributed by atoms with Gasteiger partial charge < -0.3 is 0 Å². The monoisotopic (exact) mass is 172 g/mol. The third kappa shape index (κ3) is 1.67. The first-order valence-corrected chi connectivity index (χ1v) is 5.10. The van der Waals surface area contributed by atoms with Crippen LogP contribution in [0.2, 0.25) is 0 Å². The molecular formula is C13H16. The van der Waals surface area contributed by atoms with Gasteiger partial charge in [0.05, 0.1) is 0 Å². The fourth-order valence-corrected chi connectivity index (χ4v) is 1.86. The van der Waals surface area contributed by atoms with E-state index in [-0.39, 0.29) is 0 Å². The number of aryl methyl sites for hydroxylation is 1. The Morgan fingerprint density at radius 1 is 1.31 bits per heavy atom. The van der Waals surface area contributed by atoms with Crippen LogP contribution in [-0.2, 0) is 6.42 Å². The van der Waals surface area contributed by atoms with Crippen molar-refractivity contribution in [2.75, 3.05) is 0 Å². The van der Waals surface area contributed by atoms with Gasteiger partial charge in [-0.25, -0.2) is 0 Å². The van der Waals surface area contributed by atoms with Crippen LogP contribution in [-0.4, -0.2) is 0 Å². The molecule has 68 valence electrons. The first-order valence-electron chi connectivity index (χ1n) is 5.10. The Morgan fingerprint density at radius 2 is 2.15 bits per heavy atom. The Balaban J connectivity index is 2.60. The summed E-state index contributed by atoms with van der Waals surface area (Å²) in [5.74, 6) is 0.708. The zero-order valence-corrected chi connectivity index (χ0v) is 8.38. The van der Waals surface area contributed by atoms with Crippen molar-refractivity contribution >= 4 is 12.2 Å². The van der Waals surface area contributed by atoms with Crippen LogP contribution in [0.1, 0.15) is 25.8 Å². The molecule has 0 N–H and O–H groups in total. The van der Waals surface area contributed by atoms with E-state index in [1.54, 1.807) is 0 Å². The van der Waals surface area contributed by atoms with E-state index in [9.17, 15) is 0 Å².